The van der Waals surface area contributed by atoms with Crippen molar-refractivity contribution in [1.29, 1.82) is 0 Å². The van der Waals surface area contributed by atoms with Crippen LogP contribution >= 0.6 is 0 Å². The van der Waals surface area contributed by atoms with Crippen LogP contribution < -0.4 is 5.32 Å². The molecule has 4 rings (SSSR count). The van der Waals surface area contributed by atoms with Gasteiger partial charge in [0.25, 0.3) is 0 Å². The molecule has 2 aliphatic carbocycles. The van der Waals surface area contributed by atoms with Gasteiger partial charge in [-0.2, -0.15) is 0 Å². The molecule has 124 valence electrons. The van der Waals surface area contributed by atoms with E-state index >= 15 is 0 Å². The topological polar surface area (TPSA) is 52.6 Å². The second kappa shape index (κ2) is 5.82. The molecule has 1 saturated heterocycles. The number of hydrogen-bond acceptors (Lipinski definition) is 2. The summed E-state index contributed by atoms with van der Waals surface area (Å²) in [7, 11) is 0. The molecule has 1 saturated carbocycles. The van der Waals surface area contributed by atoms with E-state index in [1.807, 2.05) is 0 Å². The highest BCUT2D eigenvalue weighted by Crippen LogP contribution is 2.59. The van der Waals surface area contributed by atoms with E-state index in [4.69, 9.17) is 0 Å². The molecule has 23 heavy (non-hydrogen) atoms. The number of nitrogens with one attached hydrogen (secondary N) is 1. The largest absolute Gasteiger partial charge is 0.391 e. The monoisotopic (exact) mass is 314 g/mol. The van der Waals surface area contributed by atoms with Gasteiger partial charge in [-0.25, -0.2) is 4.79 Å². The third kappa shape index (κ3) is 2.74. The fourth-order valence-electron chi connectivity index (χ4n) is 4.70. The molecule has 1 spiro atoms. The first-order chi connectivity index (χ1) is 11.2. The van der Waals surface area contributed by atoms with Gasteiger partial charge in [0, 0.05) is 25.0 Å². The highest BCUT2D eigenvalue weighted by Gasteiger charge is 2.56. The summed E-state index contributed by atoms with van der Waals surface area (Å²) in [5.41, 5.74) is 3.36. The minimum absolute atomic E-state index is 0.00473. The summed E-state index contributed by atoms with van der Waals surface area (Å²) in [6.07, 6.45) is 6.27. The number of hydrogen-bond donors (Lipinski definition) is 2. The van der Waals surface area contributed by atoms with Crippen LogP contribution in [0.3, 0.4) is 0 Å². The summed E-state index contributed by atoms with van der Waals surface area (Å²) < 4.78 is 0. The number of β-amino-alcohol motifs (C(OH)–C–C–N with tert-alkyl or cyclic N) is 1. The molecule has 2 N–H and O–H groups in total. The van der Waals surface area contributed by atoms with Gasteiger partial charge in [0.15, 0.2) is 0 Å². The van der Waals surface area contributed by atoms with Crippen molar-refractivity contribution in [3.05, 3.63) is 35.4 Å². The summed E-state index contributed by atoms with van der Waals surface area (Å²) in [6, 6.07) is 8.83. The molecule has 3 atom stereocenters. The van der Waals surface area contributed by atoms with Crippen LogP contribution in [0.1, 0.15) is 43.2 Å². The first-order valence-electron chi connectivity index (χ1n) is 8.98. The molecule has 1 aromatic carbocycles. The fourth-order valence-corrected chi connectivity index (χ4v) is 4.70. The summed E-state index contributed by atoms with van der Waals surface area (Å²) in [6.45, 7) is 2.01. The summed E-state index contributed by atoms with van der Waals surface area (Å²) in [5.74, 6) is 0.572. The quantitative estimate of drug-likeness (QED) is 0.881. The van der Waals surface area contributed by atoms with Crippen LogP contribution in [0.4, 0.5) is 4.79 Å². The molecule has 2 amide bonds. The smallest absolute Gasteiger partial charge is 0.317 e. The van der Waals surface area contributed by atoms with Gasteiger partial charge in [-0.1, -0.05) is 24.3 Å². The van der Waals surface area contributed by atoms with Gasteiger partial charge in [-0.3, -0.25) is 0 Å². The van der Waals surface area contributed by atoms with Gasteiger partial charge in [0.1, 0.15) is 0 Å². The molecular weight excluding hydrogens is 288 g/mol. The maximum atomic E-state index is 12.3. The SMILES string of the molecule is O=C(NCC1CC12CCCc1ccccc12)N1CCCC(O)C1. The van der Waals surface area contributed by atoms with Gasteiger partial charge < -0.3 is 15.3 Å². The van der Waals surface area contributed by atoms with Crippen molar-refractivity contribution in [1.82, 2.24) is 10.2 Å². The Bertz CT molecular complexity index is 603. The number of likely N-dealkylation sites (tertiary alicyclic amines) is 1. The number of amides is 2. The number of aryl methyl sites for hydroxylation is 1. The molecule has 2 fully saturated rings. The maximum absolute atomic E-state index is 12.3. The summed E-state index contributed by atoms with van der Waals surface area (Å²) >= 11 is 0. The Morgan fingerprint density at radius 2 is 2.22 bits per heavy atom. The van der Waals surface area contributed by atoms with Crippen LogP contribution in [0.5, 0.6) is 0 Å². The van der Waals surface area contributed by atoms with Gasteiger partial charge >= 0.3 is 6.03 Å². The Hall–Kier alpha value is -1.55. The number of benzene rings is 1. The van der Waals surface area contributed by atoms with Crippen molar-refractivity contribution in [3.8, 4) is 0 Å². The standard InChI is InChI=1S/C19H26N2O2/c22-16-7-4-10-21(13-16)18(23)20-12-15-11-19(15)9-3-6-14-5-1-2-8-17(14)19/h1-2,5,8,15-16,22H,3-4,6-7,9-13H2,(H,20,23). The molecule has 1 heterocycles. The lowest BCUT2D eigenvalue weighted by Crippen LogP contribution is -2.47. The molecule has 4 heteroatoms. The Labute approximate surface area is 137 Å². The molecular formula is C19H26N2O2. The lowest BCUT2D eigenvalue weighted by atomic mass is 9.78. The minimum Gasteiger partial charge on any atom is -0.391 e. The van der Waals surface area contributed by atoms with E-state index in [-0.39, 0.29) is 12.1 Å². The van der Waals surface area contributed by atoms with Crippen LogP contribution in [-0.4, -0.2) is 41.8 Å². The van der Waals surface area contributed by atoms with E-state index in [9.17, 15) is 9.90 Å². The average molecular weight is 314 g/mol. The van der Waals surface area contributed by atoms with Gasteiger partial charge in [-0.15, -0.1) is 0 Å². The van der Waals surface area contributed by atoms with Crippen LogP contribution in [0.15, 0.2) is 24.3 Å². The zero-order chi connectivity index (χ0) is 15.9. The first-order valence-corrected chi connectivity index (χ1v) is 8.98. The van der Waals surface area contributed by atoms with Crippen molar-refractivity contribution in [3.63, 3.8) is 0 Å². The van der Waals surface area contributed by atoms with Crippen LogP contribution in [0, 0.1) is 5.92 Å². The molecule has 3 unspecified atom stereocenters. The molecule has 0 radical (unpaired) electrons. The highest BCUT2D eigenvalue weighted by molar-refractivity contribution is 5.74. The predicted molar refractivity (Wildman–Crippen MR) is 89.4 cm³/mol. The van der Waals surface area contributed by atoms with Gasteiger partial charge in [-0.05, 0) is 55.6 Å². The first kappa shape index (κ1) is 15.0. The third-order valence-electron chi connectivity index (χ3n) is 6.04. The van der Waals surface area contributed by atoms with Crippen molar-refractivity contribution in [2.75, 3.05) is 19.6 Å². The number of piperidine rings is 1. The Morgan fingerprint density at radius 3 is 3.09 bits per heavy atom. The highest BCUT2D eigenvalue weighted by atomic mass is 16.3. The molecule has 1 aliphatic heterocycles. The molecule has 4 nitrogen and oxygen atoms in total. The predicted octanol–water partition coefficient (Wildman–Crippen LogP) is 2.45. The van der Waals surface area contributed by atoms with E-state index in [1.165, 1.54) is 36.8 Å². The number of aliphatic hydroxyl groups excluding tert-OH is 1. The van der Waals surface area contributed by atoms with E-state index in [0.29, 0.717) is 17.9 Å². The van der Waals surface area contributed by atoms with Crippen molar-refractivity contribution < 1.29 is 9.90 Å². The Kier molecular flexibility index (Phi) is 3.80. The van der Waals surface area contributed by atoms with Crippen LogP contribution in [0.25, 0.3) is 0 Å². The second-order valence-corrected chi connectivity index (χ2v) is 7.50. The second-order valence-electron chi connectivity index (χ2n) is 7.50. The van der Waals surface area contributed by atoms with Crippen molar-refractivity contribution in [2.24, 2.45) is 5.92 Å². The van der Waals surface area contributed by atoms with E-state index in [1.54, 1.807) is 4.90 Å². The number of fused-ring (bicyclic) bond motifs is 2. The van der Waals surface area contributed by atoms with Gasteiger partial charge in [0.2, 0.25) is 0 Å². The van der Waals surface area contributed by atoms with Crippen molar-refractivity contribution in [2.45, 2.75) is 50.0 Å². The van der Waals surface area contributed by atoms with Gasteiger partial charge in [0.05, 0.1) is 6.10 Å². The zero-order valence-corrected chi connectivity index (χ0v) is 13.6. The number of rotatable bonds is 2. The molecule has 3 aliphatic rings. The third-order valence-corrected chi connectivity index (χ3v) is 6.04. The molecule has 0 aromatic heterocycles. The summed E-state index contributed by atoms with van der Waals surface area (Å²) in [4.78, 5) is 14.1. The molecule has 0 bridgehead atoms. The van der Waals surface area contributed by atoms with Crippen LogP contribution in [-0.2, 0) is 11.8 Å². The Morgan fingerprint density at radius 1 is 1.35 bits per heavy atom. The van der Waals surface area contributed by atoms with E-state index < -0.39 is 0 Å². The summed E-state index contributed by atoms with van der Waals surface area (Å²) in [5, 5.41) is 12.8. The maximum Gasteiger partial charge on any atom is 0.317 e. The van der Waals surface area contributed by atoms with Crippen LogP contribution in [0.2, 0.25) is 0 Å². The normalized spacial score (nSPS) is 32.5. The lowest BCUT2D eigenvalue weighted by Gasteiger charge is -2.30. The number of aliphatic hydroxyl groups is 1. The minimum atomic E-state index is -0.355. The zero-order valence-electron chi connectivity index (χ0n) is 13.6. The van der Waals surface area contributed by atoms with E-state index in [2.05, 4.69) is 29.6 Å². The lowest BCUT2D eigenvalue weighted by molar-refractivity contribution is 0.0841. The molecule has 1 aromatic rings. The number of urea groups is 1. The number of carbonyl (C=O) groups is 1. The van der Waals surface area contributed by atoms with E-state index in [0.717, 1.165) is 25.9 Å². The fraction of sp³-hybridized carbons (Fsp3) is 0.632. The average Bonchev–Trinajstić information content (AvgIpc) is 3.26. The Balaban J connectivity index is 1.36. The number of nitrogens with zero attached hydrogens (tertiary/aromatic N) is 1. The van der Waals surface area contributed by atoms with Crippen molar-refractivity contribution >= 4 is 6.03 Å². The number of carbonyl (C=O) groups excluding carboxylic acids is 1.